The molecule has 1 aromatic carbocycles. The number of aromatic carboxylic acids is 1. The van der Waals surface area contributed by atoms with Gasteiger partial charge in [-0.1, -0.05) is 0 Å². The summed E-state index contributed by atoms with van der Waals surface area (Å²) < 4.78 is 1.52. The number of aromatic nitrogens is 2. The minimum atomic E-state index is -1.27. The van der Waals surface area contributed by atoms with Crippen molar-refractivity contribution in [1.29, 1.82) is 0 Å². The maximum atomic E-state index is 12.0. The van der Waals surface area contributed by atoms with E-state index in [1.807, 2.05) is 0 Å². The molecule has 1 aromatic heterocycles. The Kier molecular flexibility index (Phi) is 3.43. The van der Waals surface area contributed by atoms with Gasteiger partial charge in [0.05, 0.1) is 11.3 Å². The summed E-state index contributed by atoms with van der Waals surface area (Å²) in [4.78, 5) is 22.9. The first kappa shape index (κ1) is 13.6. The van der Waals surface area contributed by atoms with E-state index in [9.17, 15) is 14.7 Å². The standard InChI is InChI=1S/C13H13N3O4/c1-7-10(6-16(2)15-7)12(18)14-8-3-4-11(17)9(5-8)13(19)20/h3-6,17H,1-2H3,(H,14,18)(H,19,20). The van der Waals surface area contributed by atoms with Crippen molar-refractivity contribution in [2.45, 2.75) is 6.92 Å². The van der Waals surface area contributed by atoms with Crippen LogP contribution in [0.4, 0.5) is 5.69 Å². The molecular formula is C13H13N3O4. The van der Waals surface area contributed by atoms with Gasteiger partial charge in [0.1, 0.15) is 11.3 Å². The van der Waals surface area contributed by atoms with E-state index in [1.165, 1.54) is 22.9 Å². The van der Waals surface area contributed by atoms with Crippen molar-refractivity contribution < 1.29 is 19.8 Å². The normalized spacial score (nSPS) is 10.3. The third kappa shape index (κ3) is 2.61. The van der Waals surface area contributed by atoms with Crippen molar-refractivity contribution in [3.8, 4) is 5.75 Å². The Morgan fingerprint density at radius 3 is 2.55 bits per heavy atom. The second-order valence-electron chi connectivity index (χ2n) is 4.29. The number of hydrogen-bond donors (Lipinski definition) is 3. The van der Waals surface area contributed by atoms with Gasteiger partial charge in [-0.05, 0) is 25.1 Å². The maximum absolute atomic E-state index is 12.0. The van der Waals surface area contributed by atoms with Crippen LogP contribution >= 0.6 is 0 Å². The number of benzene rings is 1. The smallest absolute Gasteiger partial charge is 0.339 e. The Labute approximate surface area is 114 Å². The number of carboxylic acids is 1. The van der Waals surface area contributed by atoms with Crippen LogP contribution in [0.25, 0.3) is 0 Å². The molecule has 0 atom stereocenters. The summed E-state index contributed by atoms with van der Waals surface area (Å²) in [6.45, 7) is 1.70. The number of carbonyl (C=O) groups is 2. The predicted molar refractivity (Wildman–Crippen MR) is 71.0 cm³/mol. The summed E-state index contributed by atoms with van der Waals surface area (Å²) in [5.74, 6) is -2.01. The van der Waals surface area contributed by atoms with Gasteiger partial charge >= 0.3 is 5.97 Å². The van der Waals surface area contributed by atoms with Gasteiger partial charge in [0.15, 0.2) is 0 Å². The molecule has 0 aliphatic rings. The number of hydrogen-bond acceptors (Lipinski definition) is 4. The minimum Gasteiger partial charge on any atom is -0.507 e. The number of carboxylic acid groups (broad SMARTS) is 1. The van der Waals surface area contributed by atoms with Crippen molar-refractivity contribution in [1.82, 2.24) is 9.78 Å². The molecule has 7 heteroatoms. The second-order valence-corrected chi connectivity index (χ2v) is 4.29. The van der Waals surface area contributed by atoms with Gasteiger partial charge in [-0.15, -0.1) is 0 Å². The van der Waals surface area contributed by atoms with Crippen molar-refractivity contribution in [3.63, 3.8) is 0 Å². The van der Waals surface area contributed by atoms with Gasteiger partial charge in [0.25, 0.3) is 5.91 Å². The van der Waals surface area contributed by atoms with E-state index in [1.54, 1.807) is 20.2 Å². The number of aryl methyl sites for hydroxylation is 2. The Morgan fingerprint density at radius 1 is 1.30 bits per heavy atom. The van der Waals surface area contributed by atoms with Crippen molar-refractivity contribution in [2.75, 3.05) is 5.32 Å². The quantitative estimate of drug-likeness (QED) is 0.734. The fraction of sp³-hybridized carbons (Fsp3) is 0.154. The van der Waals surface area contributed by atoms with Crippen LogP contribution in [0.3, 0.4) is 0 Å². The summed E-state index contributed by atoms with van der Waals surface area (Å²) >= 11 is 0. The molecule has 3 N–H and O–H groups in total. The summed E-state index contributed by atoms with van der Waals surface area (Å²) in [6.07, 6.45) is 1.57. The van der Waals surface area contributed by atoms with Crippen LogP contribution in [-0.4, -0.2) is 31.9 Å². The SMILES string of the molecule is Cc1nn(C)cc1C(=O)Nc1ccc(O)c(C(=O)O)c1. The van der Waals surface area contributed by atoms with Crippen molar-refractivity contribution >= 4 is 17.6 Å². The van der Waals surface area contributed by atoms with Gasteiger partial charge in [-0.3, -0.25) is 9.48 Å². The number of anilines is 1. The van der Waals surface area contributed by atoms with Crippen LogP contribution < -0.4 is 5.32 Å². The number of rotatable bonds is 3. The lowest BCUT2D eigenvalue weighted by Crippen LogP contribution is -2.13. The highest BCUT2D eigenvalue weighted by molar-refractivity contribution is 6.05. The largest absolute Gasteiger partial charge is 0.507 e. The number of aromatic hydroxyl groups is 1. The summed E-state index contributed by atoms with van der Waals surface area (Å²) in [7, 11) is 1.70. The van der Waals surface area contributed by atoms with Crippen LogP contribution in [0.5, 0.6) is 5.75 Å². The number of nitrogens with zero attached hydrogens (tertiary/aromatic N) is 2. The lowest BCUT2D eigenvalue weighted by molar-refractivity contribution is 0.0693. The van der Waals surface area contributed by atoms with Gasteiger partial charge in [0, 0.05) is 18.9 Å². The van der Waals surface area contributed by atoms with E-state index >= 15 is 0 Å². The maximum Gasteiger partial charge on any atom is 0.339 e. The van der Waals surface area contributed by atoms with Gasteiger partial charge in [0.2, 0.25) is 0 Å². The van der Waals surface area contributed by atoms with E-state index in [-0.39, 0.29) is 17.0 Å². The minimum absolute atomic E-state index is 0.272. The molecule has 0 spiro atoms. The Hall–Kier alpha value is -2.83. The first-order valence-corrected chi connectivity index (χ1v) is 5.76. The van der Waals surface area contributed by atoms with E-state index < -0.39 is 11.9 Å². The molecule has 1 amide bonds. The Morgan fingerprint density at radius 2 is 2.00 bits per heavy atom. The molecule has 0 saturated heterocycles. The summed E-state index contributed by atoms with van der Waals surface area (Å²) in [6, 6.07) is 3.84. The molecule has 104 valence electrons. The van der Waals surface area contributed by atoms with E-state index in [2.05, 4.69) is 10.4 Å². The summed E-state index contributed by atoms with van der Waals surface area (Å²) in [5.41, 5.74) is 0.985. The zero-order valence-corrected chi connectivity index (χ0v) is 10.9. The predicted octanol–water partition coefficient (Wildman–Crippen LogP) is 1.38. The summed E-state index contributed by atoms with van der Waals surface area (Å²) in [5, 5.41) is 24.9. The Bertz CT molecular complexity index is 691. The molecule has 2 aromatic rings. The zero-order chi connectivity index (χ0) is 14.9. The number of carbonyl (C=O) groups excluding carboxylic acids is 1. The van der Waals surface area contributed by atoms with Gasteiger partial charge < -0.3 is 15.5 Å². The van der Waals surface area contributed by atoms with Crippen LogP contribution in [-0.2, 0) is 7.05 Å². The average Bonchev–Trinajstić information content (AvgIpc) is 2.70. The monoisotopic (exact) mass is 275 g/mol. The average molecular weight is 275 g/mol. The zero-order valence-electron chi connectivity index (χ0n) is 10.9. The third-order valence-corrected chi connectivity index (χ3v) is 2.74. The van der Waals surface area contributed by atoms with Gasteiger partial charge in [-0.2, -0.15) is 5.10 Å². The second kappa shape index (κ2) is 5.04. The van der Waals surface area contributed by atoms with Crippen molar-refractivity contribution in [2.24, 2.45) is 7.05 Å². The fourth-order valence-electron chi connectivity index (χ4n) is 1.81. The van der Waals surface area contributed by atoms with Crippen molar-refractivity contribution in [3.05, 3.63) is 41.2 Å². The molecule has 0 aliphatic carbocycles. The number of nitrogens with one attached hydrogen (secondary N) is 1. The van der Waals surface area contributed by atoms with Gasteiger partial charge in [-0.25, -0.2) is 4.79 Å². The molecule has 0 bridgehead atoms. The molecule has 7 nitrogen and oxygen atoms in total. The highest BCUT2D eigenvalue weighted by atomic mass is 16.4. The molecule has 20 heavy (non-hydrogen) atoms. The molecule has 0 fully saturated rings. The van der Waals surface area contributed by atoms with Crippen LogP contribution in [0.15, 0.2) is 24.4 Å². The first-order chi connectivity index (χ1) is 9.38. The molecule has 0 radical (unpaired) electrons. The molecule has 0 aliphatic heterocycles. The van der Waals surface area contributed by atoms with Crippen LogP contribution in [0.2, 0.25) is 0 Å². The Balaban J connectivity index is 2.26. The molecule has 0 unspecified atom stereocenters. The van der Waals surface area contributed by atoms with Crippen LogP contribution in [0.1, 0.15) is 26.4 Å². The number of amides is 1. The number of phenols is 1. The lowest BCUT2D eigenvalue weighted by Gasteiger charge is -2.06. The van der Waals surface area contributed by atoms with E-state index in [4.69, 9.17) is 5.11 Å². The van der Waals surface area contributed by atoms with Crippen LogP contribution in [0, 0.1) is 6.92 Å². The lowest BCUT2D eigenvalue weighted by atomic mass is 10.1. The highest BCUT2D eigenvalue weighted by Gasteiger charge is 2.15. The molecular weight excluding hydrogens is 262 g/mol. The molecule has 1 heterocycles. The fourth-order valence-corrected chi connectivity index (χ4v) is 1.81. The highest BCUT2D eigenvalue weighted by Crippen LogP contribution is 2.22. The topological polar surface area (TPSA) is 104 Å². The molecule has 0 saturated carbocycles. The van der Waals surface area contributed by atoms with E-state index in [0.29, 0.717) is 11.3 Å². The molecule has 2 rings (SSSR count). The third-order valence-electron chi connectivity index (χ3n) is 2.74. The van der Waals surface area contributed by atoms with E-state index in [0.717, 1.165) is 0 Å². The first-order valence-electron chi connectivity index (χ1n) is 5.76.